The van der Waals surface area contributed by atoms with Gasteiger partial charge in [-0.3, -0.25) is 9.79 Å². The summed E-state index contributed by atoms with van der Waals surface area (Å²) in [5.41, 5.74) is 2.09. The first-order valence-corrected chi connectivity index (χ1v) is 12.5. The van der Waals surface area contributed by atoms with Gasteiger partial charge in [-0.15, -0.1) is 12.4 Å². The zero-order valence-electron chi connectivity index (χ0n) is 17.5. The molecule has 7 heteroatoms. The molecule has 0 spiro atoms. The SMILES string of the molecule is Cl.O=C(CC1CSC(=NC2CCCCC2)N1Cc1ccccc1)Nc1ccc(Br)cc1. The van der Waals surface area contributed by atoms with Crippen molar-refractivity contribution in [3.63, 3.8) is 0 Å². The quantitative estimate of drug-likeness (QED) is 0.470. The third-order valence-electron chi connectivity index (χ3n) is 5.70. The Morgan fingerprint density at radius 2 is 1.77 bits per heavy atom. The lowest BCUT2D eigenvalue weighted by molar-refractivity contribution is -0.116. The van der Waals surface area contributed by atoms with Gasteiger partial charge < -0.3 is 10.2 Å². The Hall–Kier alpha value is -1.50. The van der Waals surface area contributed by atoms with Crippen molar-refractivity contribution < 1.29 is 4.79 Å². The van der Waals surface area contributed by atoms with Gasteiger partial charge in [0.15, 0.2) is 5.17 Å². The first-order valence-electron chi connectivity index (χ1n) is 10.7. The molecule has 0 radical (unpaired) electrons. The van der Waals surface area contributed by atoms with E-state index in [0.717, 1.165) is 27.6 Å². The van der Waals surface area contributed by atoms with Gasteiger partial charge in [-0.1, -0.05) is 77.3 Å². The second kappa shape index (κ2) is 11.9. The molecule has 1 unspecified atom stereocenters. The van der Waals surface area contributed by atoms with E-state index in [2.05, 4.69) is 50.4 Å². The maximum atomic E-state index is 12.7. The molecule has 2 aromatic carbocycles. The molecule has 0 bridgehead atoms. The van der Waals surface area contributed by atoms with Crippen LogP contribution in [-0.4, -0.2) is 33.8 Å². The average Bonchev–Trinajstić information content (AvgIpc) is 3.12. The van der Waals surface area contributed by atoms with E-state index in [1.54, 1.807) is 0 Å². The van der Waals surface area contributed by atoms with E-state index in [4.69, 9.17) is 4.99 Å². The van der Waals surface area contributed by atoms with Gasteiger partial charge in [0.1, 0.15) is 0 Å². The number of nitrogens with zero attached hydrogens (tertiary/aromatic N) is 2. The van der Waals surface area contributed by atoms with Crippen molar-refractivity contribution in [2.24, 2.45) is 4.99 Å². The smallest absolute Gasteiger partial charge is 0.226 e. The maximum Gasteiger partial charge on any atom is 0.226 e. The summed E-state index contributed by atoms with van der Waals surface area (Å²) in [6, 6.07) is 18.8. The fourth-order valence-electron chi connectivity index (χ4n) is 4.08. The number of carbonyl (C=O) groups is 1. The Kier molecular flexibility index (Phi) is 9.30. The summed E-state index contributed by atoms with van der Waals surface area (Å²) in [6.45, 7) is 0.801. The van der Waals surface area contributed by atoms with E-state index in [-0.39, 0.29) is 24.4 Å². The van der Waals surface area contributed by atoms with Crippen molar-refractivity contribution in [3.05, 3.63) is 64.6 Å². The first-order chi connectivity index (χ1) is 14.7. The highest BCUT2D eigenvalue weighted by Crippen LogP contribution is 2.31. The summed E-state index contributed by atoms with van der Waals surface area (Å²) in [5.74, 6) is 0.964. The number of hydrogen-bond donors (Lipinski definition) is 1. The lowest BCUT2D eigenvalue weighted by Crippen LogP contribution is -2.37. The van der Waals surface area contributed by atoms with Crippen LogP contribution in [0, 0.1) is 0 Å². The molecule has 2 fully saturated rings. The summed E-state index contributed by atoms with van der Waals surface area (Å²) < 4.78 is 1.00. The van der Waals surface area contributed by atoms with Crippen molar-refractivity contribution in [1.29, 1.82) is 0 Å². The Balaban J connectivity index is 0.00000272. The van der Waals surface area contributed by atoms with E-state index in [1.807, 2.05) is 42.1 Å². The Morgan fingerprint density at radius 1 is 1.06 bits per heavy atom. The second-order valence-corrected chi connectivity index (χ2v) is 9.94. The highest BCUT2D eigenvalue weighted by atomic mass is 79.9. The van der Waals surface area contributed by atoms with E-state index in [1.165, 1.54) is 37.7 Å². The molecular weight excluding hydrogens is 494 g/mol. The molecule has 1 aliphatic heterocycles. The lowest BCUT2D eigenvalue weighted by Gasteiger charge is -2.27. The summed E-state index contributed by atoms with van der Waals surface area (Å²) in [4.78, 5) is 20.2. The molecule has 4 nitrogen and oxygen atoms in total. The lowest BCUT2D eigenvalue weighted by atomic mass is 9.96. The van der Waals surface area contributed by atoms with Crippen molar-refractivity contribution in [3.8, 4) is 0 Å². The molecule has 166 valence electrons. The van der Waals surface area contributed by atoms with E-state index < -0.39 is 0 Å². The van der Waals surface area contributed by atoms with Crippen molar-refractivity contribution in [2.75, 3.05) is 11.1 Å². The van der Waals surface area contributed by atoms with Gasteiger partial charge in [0, 0.05) is 34.9 Å². The molecule has 1 saturated heterocycles. The molecule has 1 heterocycles. The molecule has 2 aromatic rings. The summed E-state index contributed by atoms with van der Waals surface area (Å²) in [6.07, 6.45) is 6.75. The zero-order valence-corrected chi connectivity index (χ0v) is 20.7. The minimum atomic E-state index is 0. The van der Waals surface area contributed by atoms with Gasteiger partial charge in [-0.25, -0.2) is 0 Å². The number of nitrogens with one attached hydrogen (secondary N) is 1. The van der Waals surface area contributed by atoms with Crippen LogP contribution < -0.4 is 5.32 Å². The molecule has 31 heavy (non-hydrogen) atoms. The number of benzene rings is 2. The van der Waals surface area contributed by atoms with E-state index in [0.29, 0.717) is 12.5 Å². The number of anilines is 1. The summed E-state index contributed by atoms with van der Waals surface area (Å²) in [7, 11) is 0. The van der Waals surface area contributed by atoms with Gasteiger partial charge in [0.25, 0.3) is 0 Å². The topological polar surface area (TPSA) is 44.7 Å². The molecule has 1 saturated carbocycles. The molecule has 2 aliphatic rings. The normalized spacial score (nSPS) is 20.5. The maximum absolute atomic E-state index is 12.7. The first kappa shape index (κ1) is 24.1. The van der Waals surface area contributed by atoms with Gasteiger partial charge >= 0.3 is 0 Å². The third-order valence-corrected chi connectivity index (χ3v) is 7.38. The highest BCUT2D eigenvalue weighted by Gasteiger charge is 2.32. The predicted octanol–water partition coefficient (Wildman–Crippen LogP) is 6.51. The number of amides is 1. The van der Waals surface area contributed by atoms with Crippen LogP contribution in [0.25, 0.3) is 0 Å². The van der Waals surface area contributed by atoms with Crippen LogP contribution in [0.2, 0.25) is 0 Å². The fourth-order valence-corrected chi connectivity index (χ4v) is 5.59. The number of aliphatic imine (C=N–C) groups is 1. The third kappa shape index (κ3) is 6.99. The number of carbonyl (C=O) groups excluding carboxylic acids is 1. The monoisotopic (exact) mass is 521 g/mol. The number of rotatable bonds is 6. The van der Waals surface area contributed by atoms with Crippen LogP contribution in [0.15, 0.2) is 64.1 Å². The van der Waals surface area contributed by atoms with Crippen molar-refractivity contribution in [1.82, 2.24) is 4.90 Å². The summed E-state index contributed by atoms with van der Waals surface area (Å²) in [5, 5.41) is 4.16. The van der Waals surface area contributed by atoms with Gasteiger partial charge in [-0.05, 0) is 42.7 Å². The Morgan fingerprint density at radius 3 is 2.48 bits per heavy atom. The highest BCUT2D eigenvalue weighted by molar-refractivity contribution is 9.10. The minimum Gasteiger partial charge on any atom is -0.343 e. The minimum absolute atomic E-state index is 0. The zero-order chi connectivity index (χ0) is 20.8. The van der Waals surface area contributed by atoms with Crippen LogP contribution in [0.4, 0.5) is 5.69 Å². The van der Waals surface area contributed by atoms with Crippen LogP contribution in [0.3, 0.4) is 0 Å². The van der Waals surface area contributed by atoms with E-state index in [9.17, 15) is 4.79 Å². The van der Waals surface area contributed by atoms with Crippen molar-refractivity contribution in [2.45, 2.75) is 57.2 Å². The largest absolute Gasteiger partial charge is 0.343 e. The van der Waals surface area contributed by atoms with Crippen molar-refractivity contribution >= 4 is 56.9 Å². The molecule has 1 N–H and O–H groups in total. The Labute approximate surface area is 203 Å². The number of thioether (sulfide) groups is 1. The molecular formula is C24H29BrClN3OS. The van der Waals surface area contributed by atoms with Crippen LogP contribution in [-0.2, 0) is 11.3 Å². The second-order valence-electron chi connectivity index (χ2n) is 8.04. The fraction of sp³-hybridized carbons (Fsp3) is 0.417. The Bertz CT molecular complexity index is 872. The molecule has 4 rings (SSSR count). The van der Waals surface area contributed by atoms with Crippen LogP contribution in [0.5, 0.6) is 0 Å². The van der Waals surface area contributed by atoms with Gasteiger partial charge in [0.05, 0.1) is 6.04 Å². The predicted molar refractivity (Wildman–Crippen MR) is 137 cm³/mol. The molecule has 0 aromatic heterocycles. The van der Waals surface area contributed by atoms with Gasteiger partial charge in [-0.2, -0.15) is 0 Å². The van der Waals surface area contributed by atoms with Gasteiger partial charge in [0.2, 0.25) is 5.91 Å². The summed E-state index contributed by atoms with van der Waals surface area (Å²) >= 11 is 5.25. The van der Waals surface area contributed by atoms with Crippen LogP contribution >= 0.6 is 40.1 Å². The number of hydrogen-bond acceptors (Lipinski definition) is 3. The average molecular weight is 523 g/mol. The van der Waals surface area contributed by atoms with E-state index >= 15 is 0 Å². The molecule has 1 aliphatic carbocycles. The molecule has 1 atom stereocenters. The standard InChI is InChI=1S/C24H28BrN3OS.ClH/c25-19-11-13-21(14-12-19)26-23(29)15-22-17-30-24(27-20-9-5-2-6-10-20)28(22)16-18-7-3-1-4-8-18;/h1,3-4,7-8,11-14,20,22H,2,5-6,9-10,15-17H2,(H,26,29);1H. The number of amidine groups is 1. The number of halogens is 2. The van der Waals surface area contributed by atoms with Crippen LogP contribution in [0.1, 0.15) is 44.1 Å². The molecule has 1 amide bonds.